The summed E-state index contributed by atoms with van der Waals surface area (Å²) < 4.78 is 4.93. The van der Waals surface area contributed by atoms with Gasteiger partial charge in [0.05, 0.1) is 41.0 Å². The lowest BCUT2D eigenvalue weighted by molar-refractivity contribution is -0.136. The molecule has 1 aromatic heterocycles. The Balaban J connectivity index is 1.89. The molecule has 2 heterocycles. The molecule has 1 aliphatic carbocycles. The molecule has 0 bridgehead atoms. The van der Waals surface area contributed by atoms with Crippen LogP contribution in [-0.2, 0) is 14.3 Å². The average molecular weight is 390 g/mol. The van der Waals surface area contributed by atoms with Gasteiger partial charge in [-0.3, -0.25) is 4.79 Å². The molecule has 1 amide bonds. The van der Waals surface area contributed by atoms with Crippen LogP contribution in [-0.4, -0.2) is 30.8 Å². The highest BCUT2D eigenvalue weighted by Gasteiger charge is 2.36. The number of hydrogen-bond donors (Lipinski definition) is 2. The predicted octanol–water partition coefficient (Wildman–Crippen LogP) is 2.63. The van der Waals surface area contributed by atoms with Crippen LogP contribution in [0.5, 0.6) is 0 Å². The lowest BCUT2D eigenvalue weighted by Gasteiger charge is -2.28. The van der Waals surface area contributed by atoms with Crippen molar-refractivity contribution in [1.82, 2.24) is 10.6 Å². The van der Waals surface area contributed by atoms with Crippen LogP contribution in [0.25, 0.3) is 0 Å². The van der Waals surface area contributed by atoms with E-state index in [0.717, 1.165) is 17.7 Å². The molecule has 2 N–H and O–H groups in total. The molecule has 8 heteroatoms. The van der Waals surface area contributed by atoms with Crippen LogP contribution >= 0.6 is 23.1 Å². The highest BCUT2D eigenvalue weighted by atomic mass is 32.2. The minimum atomic E-state index is -0.484. The minimum absolute atomic E-state index is 0.0443. The zero-order chi connectivity index (χ0) is 18.7. The number of nitrogens with one attached hydrogen (secondary N) is 2. The zero-order valence-electron chi connectivity index (χ0n) is 14.5. The number of carbonyl (C=O) groups excluding carboxylic acids is 2. The van der Waals surface area contributed by atoms with Gasteiger partial charge in [-0.05, 0) is 31.2 Å². The third kappa shape index (κ3) is 3.94. The van der Waals surface area contributed by atoms with E-state index < -0.39 is 11.9 Å². The molecule has 1 atom stereocenters. The van der Waals surface area contributed by atoms with Crippen molar-refractivity contribution in [1.29, 1.82) is 5.26 Å². The van der Waals surface area contributed by atoms with E-state index in [4.69, 9.17) is 4.74 Å². The molecule has 6 nitrogen and oxygen atoms in total. The monoisotopic (exact) mass is 389 g/mol. The van der Waals surface area contributed by atoms with E-state index in [0.29, 0.717) is 27.9 Å². The molecule has 0 saturated heterocycles. The number of thioether (sulfide) groups is 1. The molecular formula is C18H19N3O3S2. The number of thiophene rings is 1. The first-order chi connectivity index (χ1) is 12.5. The van der Waals surface area contributed by atoms with Crippen molar-refractivity contribution in [3.05, 3.63) is 44.3 Å². The number of esters is 1. The van der Waals surface area contributed by atoms with Crippen LogP contribution < -0.4 is 10.6 Å². The van der Waals surface area contributed by atoms with Gasteiger partial charge >= 0.3 is 5.97 Å². The Morgan fingerprint density at radius 3 is 2.85 bits per heavy atom. The maximum Gasteiger partial charge on any atom is 0.336 e. The summed E-state index contributed by atoms with van der Waals surface area (Å²) in [4.78, 5) is 25.2. The molecular weight excluding hydrogens is 370 g/mol. The van der Waals surface area contributed by atoms with Gasteiger partial charge in [0, 0.05) is 16.6 Å². The number of nitrogens with zero attached hydrogens (tertiary/aromatic N) is 1. The van der Waals surface area contributed by atoms with Crippen molar-refractivity contribution in [3.63, 3.8) is 0 Å². The van der Waals surface area contributed by atoms with Crippen molar-refractivity contribution < 1.29 is 14.3 Å². The Kier molecular flexibility index (Phi) is 5.69. The topological polar surface area (TPSA) is 91.2 Å². The smallest absolute Gasteiger partial charge is 0.336 e. The Morgan fingerprint density at radius 1 is 1.50 bits per heavy atom. The summed E-state index contributed by atoms with van der Waals surface area (Å²) in [5.41, 5.74) is 1.50. The van der Waals surface area contributed by atoms with Gasteiger partial charge in [0.1, 0.15) is 0 Å². The van der Waals surface area contributed by atoms with Crippen LogP contribution in [0.2, 0.25) is 0 Å². The SMILES string of the molecule is COC(=O)C1=C(C)NC(SCC(=O)NC2CC2)=C(C#N)[C@@H]1c1cccs1. The highest BCUT2D eigenvalue weighted by molar-refractivity contribution is 8.03. The zero-order valence-corrected chi connectivity index (χ0v) is 16.1. The molecule has 2 aliphatic rings. The maximum atomic E-state index is 12.3. The van der Waals surface area contributed by atoms with E-state index in [1.54, 1.807) is 6.92 Å². The van der Waals surface area contributed by atoms with E-state index in [1.807, 2.05) is 17.5 Å². The number of amides is 1. The van der Waals surface area contributed by atoms with Gasteiger partial charge in [0.15, 0.2) is 0 Å². The summed E-state index contributed by atoms with van der Waals surface area (Å²) in [6.45, 7) is 1.78. The quantitative estimate of drug-likeness (QED) is 0.727. The number of methoxy groups -OCH3 is 1. The number of ether oxygens (including phenoxy) is 1. The summed E-state index contributed by atoms with van der Waals surface area (Å²) >= 11 is 2.77. The molecule has 3 rings (SSSR count). The highest BCUT2D eigenvalue weighted by Crippen LogP contribution is 2.42. The van der Waals surface area contributed by atoms with Gasteiger partial charge in [-0.15, -0.1) is 11.3 Å². The van der Waals surface area contributed by atoms with E-state index in [9.17, 15) is 14.9 Å². The van der Waals surface area contributed by atoms with Gasteiger partial charge in [0.25, 0.3) is 0 Å². The van der Waals surface area contributed by atoms with Crippen molar-refractivity contribution in [2.45, 2.75) is 31.7 Å². The van der Waals surface area contributed by atoms with Crippen LogP contribution in [0.4, 0.5) is 0 Å². The lowest BCUT2D eigenvalue weighted by Crippen LogP contribution is -2.30. The largest absolute Gasteiger partial charge is 0.466 e. The van der Waals surface area contributed by atoms with Gasteiger partial charge in [0.2, 0.25) is 5.91 Å². The normalized spacial score (nSPS) is 19.7. The first-order valence-corrected chi connectivity index (χ1v) is 10.1. The minimum Gasteiger partial charge on any atom is -0.466 e. The second-order valence-corrected chi connectivity index (χ2v) is 8.05. The molecule has 0 spiro atoms. The van der Waals surface area contributed by atoms with E-state index in [-0.39, 0.29) is 11.7 Å². The average Bonchev–Trinajstić information content (AvgIpc) is 3.27. The molecule has 0 aromatic carbocycles. The van der Waals surface area contributed by atoms with Crippen LogP contribution in [0.3, 0.4) is 0 Å². The summed E-state index contributed by atoms with van der Waals surface area (Å²) in [7, 11) is 1.33. The molecule has 1 aliphatic heterocycles. The first-order valence-electron chi connectivity index (χ1n) is 8.21. The van der Waals surface area contributed by atoms with Crippen LogP contribution in [0.15, 0.2) is 39.4 Å². The Labute approximate surface area is 160 Å². The molecule has 136 valence electrons. The fourth-order valence-corrected chi connectivity index (χ4v) is 4.53. The lowest BCUT2D eigenvalue weighted by atomic mass is 9.87. The molecule has 1 saturated carbocycles. The Morgan fingerprint density at radius 2 is 2.27 bits per heavy atom. The van der Waals surface area contributed by atoms with E-state index >= 15 is 0 Å². The van der Waals surface area contributed by atoms with E-state index in [2.05, 4.69) is 16.7 Å². The molecule has 1 fully saturated rings. The number of allylic oxidation sites excluding steroid dienone is 2. The van der Waals surface area contributed by atoms with Crippen LogP contribution in [0.1, 0.15) is 30.6 Å². The Bertz CT molecular complexity index is 817. The second kappa shape index (κ2) is 7.98. The molecule has 26 heavy (non-hydrogen) atoms. The van der Waals surface area contributed by atoms with Crippen molar-refractivity contribution in [2.75, 3.05) is 12.9 Å². The second-order valence-electron chi connectivity index (χ2n) is 6.09. The first kappa shape index (κ1) is 18.5. The number of carbonyl (C=O) groups is 2. The van der Waals surface area contributed by atoms with Crippen molar-refractivity contribution in [3.8, 4) is 6.07 Å². The standard InChI is InChI=1S/C18H19N3O3S2/c1-10-15(18(23)24-2)16(13-4-3-7-25-13)12(8-19)17(20-10)26-9-14(22)21-11-5-6-11/h3-4,7,11,16,20H,5-6,9H2,1-2H3,(H,21,22)/t16-/m1/s1. The third-order valence-corrected chi connectivity index (χ3v) is 6.12. The number of hydrogen-bond acceptors (Lipinski definition) is 7. The van der Waals surface area contributed by atoms with Crippen LogP contribution in [0, 0.1) is 11.3 Å². The number of rotatable bonds is 6. The number of dihydropyridines is 1. The van der Waals surface area contributed by atoms with Gasteiger partial charge < -0.3 is 15.4 Å². The molecule has 1 aromatic rings. The fraction of sp³-hybridized carbons (Fsp3) is 0.389. The van der Waals surface area contributed by atoms with Crippen molar-refractivity contribution in [2.24, 2.45) is 0 Å². The maximum absolute atomic E-state index is 12.3. The summed E-state index contributed by atoms with van der Waals surface area (Å²) in [6, 6.07) is 6.32. The fourth-order valence-electron chi connectivity index (χ4n) is 2.78. The Hall–Kier alpha value is -2.24. The van der Waals surface area contributed by atoms with Gasteiger partial charge in [-0.25, -0.2) is 4.79 Å². The van der Waals surface area contributed by atoms with Gasteiger partial charge in [-0.2, -0.15) is 5.26 Å². The summed E-state index contributed by atoms with van der Waals surface area (Å²) in [6.07, 6.45) is 2.07. The molecule has 0 unspecified atom stereocenters. The third-order valence-electron chi connectivity index (χ3n) is 4.17. The summed E-state index contributed by atoms with van der Waals surface area (Å²) in [5, 5.41) is 18.4. The number of nitriles is 1. The summed E-state index contributed by atoms with van der Waals surface area (Å²) in [5.74, 6) is -0.765. The molecule has 0 radical (unpaired) electrons. The van der Waals surface area contributed by atoms with Gasteiger partial charge in [-0.1, -0.05) is 17.8 Å². The predicted molar refractivity (Wildman–Crippen MR) is 101 cm³/mol. The van der Waals surface area contributed by atoms with E-state index in [1.165, 1.54) is 30.2 Å². The van der Waals surface area contributed by atoms with Crippen molar-refractivity contribution >= 4 is 35.0 Å².